The van der Waals surface area contributed by atoms with E-state index in [0.717, 1.165) is 21.7 Å². The molecule has 0 unspecified atom stereocenters. The SMILES string of the molecule is COc1ccccc1NC(=O)[C@H](C)OC(=O)Cc1coc2ccc3ccccc3c12. The first kappa shape index (κ1) is 19.5. The van der Waals surface area contributed by atoms with Crippen LogP contribution in [0.15, 0.2) is 71.3 Å². The van der Waals surface area contributed by atoms with E-state index in [4.69, 9.17) is 13.9 Å². The number of benzene rings is 3. The Balaban J connectivity index is 1.47. The van der Waals surface area contributed by atoms with E-state index in [0.29, 0.717) is 17.0 Å². The number of ether oxygens (including phenoxy) is 2. The van der Waals surface area contributed by atoms with Crippen LogP contribution in [0.4, 0.5) is 5.69 Å². The summed E-state index contributed by atoms with van der Waals surface area (Å²) in [5, 5.41) is 5.67. The average molecular weight is 403 g/mol. The van der Waals surface area contributed by atoms with Crippen molar-refractivity contribution in [1.82, 2.24) is 0 Å². The minimum Gasteiger partial charge on any atom is -0.495 e. The molecule has 0 saturated carbocycles. The summed E-state index contributed by atoms with van der Waals surface area (Å²) in [5.74, 6) is -0.412. The standard InChI is InChI=1S/C24H21NO5/c1-15(24(27)25-19-9-5-6-10-20(19)28-2)30-22(26)13-17-14-29-21-12-11-16-7-3-4-8-18(16)23(17)21/h3-12,14-15H,13H2,1-2H3,(H,25,27)/t15-/m0/s1. The van der Waals surface area contributed by atoms with Crippen molar-refractivity contribution in [3.8, 4) is 5.75 Å². The Hall–Kier alpha value is -3.80. The fraction of sp³-hybridized carbons (Fsp3) is 0.167. The number of esters is 1. The molecule has 1 N–H and O–H groups in total. The highest BCUT2D eigenvalue weighted by Crippen LogP contribution is 2.30. The summed E-state index contributed by atoms with van der Waals surface area (Å²) in [6.07, 6.45) is 0.614. The zero-order chi connectivity index (χ0) is 21.1. The van der Waals surface area contributed by atoms with Crippen molar-refractivity contribution < 1.29 is 23.5 Å². The lowest BCUT2D eigenvalue weighted by Crippen LogP contribution is -2.30. The topological polar surface area (TPSA) is 77.8 Å². The number of nitrogens with one attached hydrogen (secondary N) is 1. The monoisotopic (exact) mass is 403 g/mol. The second-order valence-electron chi connectivity index (χ2n) is 6.92. The highest BCUT2D eigenvalue weighted by atomic mass is 16.5. The fourth-order valence-corrected chi connectivity index (χ4v) is 3.43. The molecule has 30 heavy (non-hydrogen) atoms. The van der Waals surface area contributed by atoms with Gasteiger partial charge in [0.2, 0.25) is 0 Å². The Kier molecular flexibility index (Phi) is 5.39. The molecule has 6 heteroatoms. The molecule has 0 aliphatic rings. The van der Waals surface area contributed by atoms with E-state index >= 15 is 0 Å². The number of carbonyl (C=O) groups is 2. The van der Waals surface area contributed by atoms with E-state index in [1.807, 2.05) is 36.4 Å². The number of para-hydroxylation sites is 2. The van der Waals surface area contributed by atoms with Crippen LogP contribution >= 0.6 is 0 Å². The molecular weight excluding hydrogens is 382 g/mol. The van der Waals surface area contributed by atoms with Crippen molar-refractivity contribution in [3.63, 3.8) is 0 Å². The fourth-order valence-electron chi connectivity index (χ4n) is 3.43. The van der Waals surface area contributed by atoms with Crippen LogP contribution in [0, 0.1) is 0 Å². The summed E-state index contributed by atoms with van der Waals surface area (Å²) in [6.45, 7) is 1.53. The van der Waals surface area contributed by atoms with Crippen molar-refractivity contribution in [2.75, 3.05) is 12.4 Å². The number of amides is 1. The van der Waals surface area contributed by atoms with Gasteiger partial charge in [0.15, 0.2) is 6.10 Å². The minimum absolute atomic E-state index is 0.00723. The van der Waals surface area contributed by atoms with E-state index in [1.165, 1.54) is 14.0 Å². The van der Waals surface area contributed by atoms with Crippen LogP contribution in [0.3, 0.4) is 0 Å². The van der Waals surface area contributed by atoms with Gasteiger partial charge in [-0.15, -0.1) is 0 Å². The van der Waals surface area contributed by atoms with Gasteiger partial charge in [0, 0.05) is 10.9 Å². The molecule has 0 fully saturated rings. The van der Waals surface area contributed by atoms with Gasteiger partial charge < -0.3 is 19.2 Å². The highest BCUT2D eigenvalue weighted by Gasteiger charge is 2.21. The molecule has 3 aromatic carbocycles. The first-order valence-electron chi connectivity index (χ1n) is 9.58. The molecule has 1 heterocycles. The molecule has 0 aliphatic carbocycles. The van der Waals surface area contributed by atoms with E-state index in [9.17, 15) is 9.59 Å². The van der Waals surface area contributed by atoms with Crippen LogP contribution in [0.25, 0.3) is 21.7 Å². The summed E-state index contributed by atoms with van der Waals surface area (Å²) in [4.78, 5) is 25.0. The van der Waals surface area contributed by atoms with Gasteiger partial charge in [-0.3, -0.25) is 9.59 Å². The van der Waals surface area contributed by atoms with E-state index in [-0.39, 0.29) is 6.42 Å². The molecule has 0 radical (unpaired) electrons. The Bertz CT molecular complexity index is 1230. The second kappa shape index (κ2) is 8.29. The van der Waals surface area contributed by atoms with Gasteiger partial charge in [0.1, 0.15) is 11.3 Å². The van der Waals surface area contributed by atoms with Crippen LogP contribution in [0.1, 0.15) is 12.5 Å². The Labute approximate surface area is 173 Å². The molecule has 0 spiro atoms. The number of anilines is 1. The quantitative estimate of drug-likeness (QED) is 0.472. The molecule has 1 atom stereocenters. The highest BCUT2D eigenvalue weighted by molar-refractivity contribution is 6.08. The average Bonchev–Trinajstić information content (AvgIpc) is 3.17. The number of methoxy groups -OCH3 is 1. The van der Waals surface area contributed by atoms with E-state index in [2.05, 4.69) is 5.32 Å². The second-order valence-corrected chi connectivity index (χ2v) is 6.92. The first-order chi connectivity index (χ1) is 14.6. The zero-order valence-electron chi connectivity index (χ0n) is 16.7. The Morgan fingerprint density at radius 3 is 2.63 bits per heavy atom. The third kappa shape index (κ3) is 3.85. The maximum atomic E-state index is 12.5. The largest absolute Gasteiger partial charge is 0.495 e. The maximum Gasteiger partial charge on any atom is 0.311 e. The van der Waals surface area contributed by atoms with Gasteiger partial charge in [-0.2, -0.15) is 0 Å². The molecule has 0 saturated heterocycles. The van der Waals surface area contributed by atoms with Crippen LogP contribution < -0.4 is 10.1 Å². The van der Waals surface area contributed by atoms with Gasteiger partial charge in [-0.05, 0) is 35.9 Å². The molecule has 1 aromatic heterocycles. The number of furan rings is 1. The predicted octanol–water partition coefficient (Wildman–Crippen LogP) is 4.71. The van der Waals surface area contributed by atoms with Crippen molar-refractivity contribution in [2.45, 2.75) is 19.4 Å². The first-order valence-corrected chi connectivity index (χ1v) is 9.58. The summed E-state index contributed by atoms with van der Waals surface area (Å²) < 4.78 is 16.2. The lowest BCUT2D eigenvalue weighted by molar-refractivity contribution is -0.152. The van der Waals surface area contributed by atoms with Crippen LogP contribution in [0.2, 0.25) is 0 Å². The number of hydrogen-bond donors (Lipinski definition) is 1. The molecule has 152 valence electrons. The third-order valence-electron chi connectivity index (χ3n) is 4.92. The van der Waals surface area contributed by atoms with Gasteiger partial charge in [0.25, 0.3) is 5.91 Å². The van der Waals surface area contributed by atoms with Crippen LogP contribution in [0.5, 0.6) is 5.75 Å². The minimum atomic E-state index is -0.961. The molecule has 1 amide bonds. The number of fused-ring (bicyclic) bond motifs is 3. The van der Waals surface area contributed by atoms with Crippen molar-refractivity contribution in [2.24, 2.45) is 0 Å². The van der Waals surface area contributed by atoms with Crippen molar-refractivity contribution in [3.05, 3.63) is 72.5 Å². The summed E-state index contributed by atoms with van der Waals surface area (Å²) in [5.41, 5.74) is 1.95. The van der Waals surface area contributed by atoms with Gasteiger partial charge in [0.05, 0.1) is 25.5 Å². The molecule has 4 aromatic rings. The summed E-state index contributed by atoms with van der Waals surface area (Å²) in [7, 11) is 1.52. The van der Waals surface area contributed by atoms with E-state index in [1.54, 1.807) is 30.5 Å². The smallest absolute Gasteiger partial charge is 0.311 e. The molecule has 4 rings (SSSR count). The molecule has 0 aliphatic heterocycles. The Morgan fingerprint density at radius 2 is 1.80 bits per heavy atom. The van der Waals surface area contributed by atoms with Gasteiger partial charge >= 0.3 is 5.97 Å². The van der Waals surface area contributed by atoms with Crippen LogP contribution in [-0.2, 0) is 20.7 Å². The van der Waals surface area contributed by atoms with Crippen LogP contribution in [-0.4, -0.2) is 25.1 Å². The van der Waals surface area contributed by atoms with E-state index < -0.39 is 18.0 Å². The lowest BCUT2D eigenvalue weighted by atomic mass is 10.0. The van der Waals surface area contributed by atoms with Gasteiger partial charge in [-0.25, -0.2) is 0 Å². The molecule has 0 bridgehead atoms. The normalized spacial score (nSPS) is 11.9. The Morgan fingerprint density at radius 1 is 1.03 bits per heavy atom. The number of carbonyl (C=O) groups excluding carboxylic acids is 2. The zero-order valence-corrected chi connectivity index (χ0v) is 16.7. The van der Waals surface area contributed by atoms with Crippen molar-refractivity contribution in [1.29, 1.82) is 0 Å². The van der Waals surface area contributed by atoms with Gasteiger partial charge in [-0.1, -0.05) is 42.5 Å². The molecular formula is C24H21NO5. The lowest BCUT2D eigenvalue weighted by Gasteiger charge is -2.15. The summed E-state index contributed by atoms with van der Waals surface area (Å²) in [6, 6.07) is 18.8. The summed E-state index contributed by atoms with van der Waals surface area (Å²) >= 11 is 0. The third-order valence-corrected chi connectivity index (χ3v) is 4.92. The number of rotatable bonds is 6. The maximum absolute atomic E-state index is 12.5. The predicted molar refractivity (Wildman–Crippen MR) is 115 cm³/mol. The number of hydrogen-bond acceptors (Lipinski definition) is 5. The molecule has 6 nitrogen and oxygen atoms in total. The van der Waals surface area contributed by atoms with Crippen molar-refractivity contribution >= 4 is 39.3 Å².